The standard InChI is InChI=1S/C21H19ClFN7S/c22-15-2-1-3-16(19(15)23)30-21(27-28-29-30)14-10-13(11-26-20(14)24)18-5-4-17(31-18)12-6-8-25-9-7-12/h1-5,10-12,25H,6-9H2,(H2,24,26). The van der Waals surface area contributed by atoms with Gasteiger partial charge in [0.15, 0.2) is 11.6 Å². The lowest BCUT2D eigenvalue weighted by Gasteiger charge is -2.21. The van der Waals surface area contributed by atoms with Gasteiger partial charge in [-0.25, -0.2) is 9.37 Å². The molecular formula is C21H19ClFN7S. The Morgan fingerprint density at radius 2 is 2.03 bits per heavy atom. The number of piperidine rings is 1. The van der Waals surface area contributed by atoms with Gasteiger partial charge in [-0.3, -0.25) is 0 Å². The average Bonchev–Trinajstić information content (AvgIpc) is 3.47. The van der Waals surface area contributed by atoms with Gasteiger partial charge in [-0.1, -0.05) is 17.7 Å². The third kappa shape index (κ3) is 3.80. The number of hydrogen-bond acceptors (Lipinski definition) is 7. The fourth-order valence-corrected chi connectivity index (χ4v) is 5.12. The van der Waals surface area contributed by atoms with Crippen molar-refractivity contribution in [2.24, 2.45) is 0 Å². The second kappa shape index (κ2) is 8.33. The Morgan fingerprint density at radius 1 is 1.19 bits per heavy atom. The fourth-order valence-electron chi connectivity index (χ4n) is 3.80. The zero-order valence-electron chi connectivity index (χ0n) is 16.4. The van der Waals surface area contributed by atoms with Crippen LogP contribution in [0.25, 0.3) is 27.5 Å². The van der Waals surface area contributed by atoms with Gasteiger partial charge in [0.2, 0.25) is 0 Å². The monoisotopic (exact) mass is 455 g/mol. The Bertz CT molecular complexity index is 1230. The molecule has 0 atom stereocenters. The Balaban J connectivity index is 1.53. The number of nitrogen functional groups attached to an aromatic ring is 1. The van der Waals surface area contributed by atoms with Crippen LogP contribution < -0.4 is 11.1 Å². The van der Waals surface area contributed by atoms with Crippen molar-refractivity contribution >= 4 is 28.8 Å². The number of thiophene rings is 1. The van der Waals surface area contributed by atoms with Gasteiger partial charge >= 0.3 is 0 Å². The first kappa shape index (κ1) is 20.0. The smallest absolute Gasteiger partial charge is 0.190 e. The van der Waals surface area contributed by atoms with Crippen molar-refractivity contribution in [3.05, 3.63) is 58.3 Å². The van der Waals surface area contributed by atoms with Crippen LogP contribution in [-0.2, 0) is 0 Å². The molecule has 31 heavy (non-hydrogen) atoms. The van der Waals surface area contributed by atoms with Crippen molar-refractivity contribution in [3.8, 4) is 27.5 Å². The van der Waals surface area contributed by atoms with Crippen LogP contribution in [-0.4, -0.2) is 38.3 Å². The molecule has 0 unspecified atom stereocenters. The SMILES string of the molecule is Nc1ncc(-c2ccc(C3CCNCC3)s2)cc1-c1nnnn1-c1cccc(Cl)c1F. The Hall–Kier alpha value is -2.88. The molecule has 1 aliphatic heterocycles. The first-order valence-corrected chi connectivity index (χ1v) is 11.1. The van der Waals surface area contributed by atoms with Gasteiger partial charge in [0.1, 0.15) is 11.5 Å². The Morgan fingerprint density at radius 3 is 2.87 bits per heavy atom. The predicted molar refractivity (Wildman–Crippen MR) is 120 cm³/mol. The largest absolute Gasteiger partial charge is 0.383 e. The number of anilines is 1. The van der Waals surface area contributed by atoms with Crippen LogP contribution in [0.3, 0.4) is 0 Å². The summed E-state index contributed by atoms with van der Waals surface area (Å²) in [7, 11) is 0. The maximum Gasteiger partial charge on any atom is 0.190 e. The minimum absolute atomic E-state index is 0.0113. The van der Waals surface area contributed by atoms with Gasteiger partial charge in [-0.05, 0) is 72.6 Å². The van der Waals surface area contributed by atoms with E-state index < -0.39 is 5.82 Å². The maximum atomic E-state index is 14.6. The molecule has 10 heteroatoms. The van der Waals surface area contributed by atoms with Crippen molar-refractivity contribution < 1.29 is 4.39 Å². The van der Waals surface area contributed by atoms with Crippen LogP contribution in [0.4, 0.5) is 10.2 Å². The van der Waals surface area contributed by atoms with Crippen molar-refractivity contribution in [1.82, 2.24) is 30.5 Å². The molecule has 0 aliphatic carbocycles. The molecule has 4 aromatic rings. The summed E-state index contributed by atoms with van der Waals surface area (Å²) in [6.07, 6.45) is 4.03. The fraction of sp³-hybridized carbons (Fsp3) is 0.238. The molecule has 1 aliphatic rings. The lowest BCUT2D eigenvalue weighted by Crippen LogP contribution is -2.26. The quantitative estimate of drug-likeness (QED) is 0.476. The summed E-state index contributed by atoms with van der Waals surface area (Å²) < 4.78 is 15.9. The van der Waals surface area contributed by atoms with E-state index in [0.717, 1.165) is 36.4 Å². The van der Waals surface area contributed by atoms with Crippen molar-refractivity contribution in [3.63, 3.8) is 0 Å². The van der Waals surface area contributed by atoms with Gasteiger partial charge in [0, 0.05) is 21.5 Å². The summed E-state index contributed by atoms with van der Waals surface area (Å²) in [5.41, 5.74) is 7.73. The summed E-state index contributed by atoms with van der Waals surface area (Å²) in [4.78, 5) is 6.82. The maximum absolute atomic E-state index is 14.6. The normalized spacial score (nSPS) is 14.8. The van der Waals surface area contributed by atoms with Gasteiger partial charge in [-0.15, -0.1) is 16.4 Å². The van der Waals surface area contributed by atoms with E-state index in [1.807, 2.05) is 6.07 Å². The molecule has 0 saturated carbocycles. The number of nitrogens with two attached hydrogens (primary N) is 1. The average molecular weight is 456 g/mol. The molecule has 5 rings (SSSR count). The summed E-state index contributed by atoms with van der Waals surface area (Å²) in [5, 5.41) is 15.1. The second-order valence-electron chi connectivity index (χ2n) is 7.37. The number of hydrogen-bond donors (Lipinski definition) is 2. The minimum Gasteiger partial charge on any atom is -0.383 e. The molecule has 3 aromatic heterocycles. The highest BCUT2D eigenvalue weighted by atomic mass is 35.5. The third-order valence-corrected chi connectivity index (χ3v) is 7.03. The van der Waals surface area contributed by atoms with E-state index in [1.54, 1.807) is 29.7 Å². The molecule has 0 amide bonds. The van der Waals surface area contributed by atoms with Gasteiger partial charge in [-0.2, -0.15) is 4.68 Å². The van der Waals surface area contributed by atoms with Crippen LogP contribution in [0.2, 0.25) is 5.02 Å². The van der Waals surface area contributed by atoms with Crippen LogP contribution in [0.5, 0.6) is 0 Å². The molecule has 0 spiro atoms. The van der Waals surface area contributed by atoms with E-state index in [2.05, 4.69) is 38.0 Å². The molecule has 7 nitrogen and oxygen atoms in total. The molecule has 1 saturated heterocycles. The Labute approximate surface area is 187 Å². The van der Waals surface area contributed by atoms with E-state index in [9.17, 15) is 4.39 Å². The number of rotatable bonds is 4. The first-order chi connectivity index (χ1) is 15.1. The predicted octanol–water partition coefficient (Wildman–Crippen LogP) is 4.29. The second-order valence-corrected chi connectivity index (χ2v) is 8.89. The summed E-state index contributed by atoms with van der Waals surface area (Å²) in [6, 6.07) is 10.9. The molecular weight excluding hydrogens is 437 g/mol. The molecule has 0 radical (unpaired) electrons. The number of pyridine rings is 1. The summed E-state index contributed by atoms with van der Waals surface area (Å²) in [6.45, 7) is 2.10. The van der Waals surface area contributed by atoms with Crippen molar-refractivity contribution in [1.29, 1.82) is 0 Å². The zero-order chi connectivity index (χ0) is 21.4. The molecule has 3 N–H and O–H groups in total. The molecule has 1 aromatic carbocycles. The van der Waals surface area contributed by atoms with Crippen LogP contribution in [0.1, 0.15) is 23.6 Å². The lowest BCUT2D eigenvalue weighted by atomic mass is 9.97. The van der Waals surface area contributed by atoms with E-state index in [0.29, 0.717) is 17.3 Å². The van der Waals surface area contributed by atoms with E-state index in [-0.39, 0.29) is 16.5 Å². The topological polar surface area (TPSA) is 94.5 Å². The van der Waals surface area contributed by atoms with Crippen molar-refractivity contribution in [2.45, 2.75) is 18.8 Å². The van der Waals surface area contributed by atoms with Crippen LogP contribution in [0, 0.1) is 5.82 Å². The van der Waals surface area contributed by atoms with Gasteiger partial charge < -0.3 is 11.1 Å². The number of nitrogens with zero attached hydrogens (tertiary/aromatic N) is 5. The zero-order valence-corrected chi connectivity index (χ0v) is 18.0. The number of aromatic nitrogens is 5. The third-order valence-electron chi connectivity index (χ3n) is 5.44. The molecule has 4 heterocycles. The number of benzene rings is 1. The van der Waals surface area contributed by atoms with E-state index >= 15 is 0 Å². The summed E-state index contributed by atoms with van der Waals surface area (Å²) in [5.74, 6) is 0.533. The van der Waals surface area contributed by atoms with E-state index in [1.165, 1.54) is 15.6 Å². The highest BCUT2D eigenvalue weighted by molar-refractivity contribution is 7.15. The molecule has 1 fully saturated rings. The number of nitrogens with one attached hydrogen (secondary N) is 1. The number of halogens is 2. The highest BCUT2D eigenvalue weighted by Gasteiger charge is 2.21. The van der Waals surface area contributed by atoms with Crippen LogP contribution >= 0.6 is 22.9 Å². The Kier molecular flexibility index (Phi) is 5.39. The van der Waals surface area contributed by atoms with Crippen molar-refractivity contribution in [2.75, 3.05) is 18.8 Å². The van der Waals surface area contributed by atoms with Crippen LogP contribution in [0.15, 0.2) is 42.6 Å². The van der Waals surface area contributed by atoms with E-state index in [4.69, 9.17) is 17.3 Å². The first-order valence-electron chi connectivity index (χ1n) is 9.91. The van der Waals surface area contributed by atoms with Gasteiger partial charge in [0.05, 0.1) is 10.6 Å². The number of tetrazole rings is 1. The summed E-state index contributed by atoms with van der Waals surface area (Å²) >= 11 is 7.70. The minimum atomic E-state index is -0.606. The van der Waals surface area contributed by atoms with Gasteiger partial charge in [0.25, 0.3) is 0 Å². The molecule has 158 valence electrons. The molecule has 0 bridgehead atoms. The highest BCUT2D eigenvalue weighted by Crippen LogP contribution is 2.37. The lowest BCUT2D eigenvalue weighted by molar-refractivity contribution is 0.465.